The van der Waals surface area contributed by atoms with Crippen molar-refractivity contribution in [1.29, 1.82) is 0 Å². The summed E-state index contributed by atoms with van der Waals surface area (Å²) in [5.74, 6) is 0.639. The van der Waals surface area contributed by atoms with Crippen molar-refractivity contribution >= 4 is 21.9 Å². The molecule has 90 valence electrons. The van der Waals surface area contributed by atoms with Crippen LogP contribution in [0.25, 0.3) is 21.9 Å². The SMILES string of the molecule is C=CCOc1c2ccoc2cc2oc(=O)ccc12. The molecule has 0 saturated carbocycles. The van der Waals surface area contributed by atoms with Crippen LogP contribution in [-0.4, -0.2) is 6.61 Å². The van der Waals surface area contributed by atoms with Crippen LogP contribution in [-0.2, 0) is 0 Å². The molecule has 3 aromatic rings. The molecule has 4 nitrogen and oxygen atoms in total. The third-order valence-electron chi connectivity index (χ3n) is 2.65. The highest BCUT2D eigenvalue weighted by Gasteiger charge is 2.12. The Labute approximate surface area is 102 Å². The Balaban J connectivity index is 2.38. The summed E-state index contributed by atoms with van der Waals surface area (Å²) >= 11 is 0. The maximum Gasteiger partial charge on any atom is 0.336 e. The van der Waals surface area contributed by atoms with E-state index in [1.165, 1.54) is 6.07 Å². The van der Waals surface area contributed by atoms with E-state index in [1.807, 2.05) is 6.07 Å². The number of hydrogen-bond donors (Lipinski definition) is 0. The van der Waals surface area contributed by atoms with Crippen LogP contribution in [0.3, 0.4) is 0 Å². The molecule has 0 amide bonds. The molecular weight excluding hydrogens is 232 g/mol. The normalized spacial score (nSPS) is 10.9. The summed E-state index contributed by atoms with van der Waals surface area (Å²) in [6.45, 7) is 3.99. The molecule has 4 heteroatoms. The first-order chi connectivity index (χ1) is 8.79. The first-order valence-corrected chi connectivity index (χ1v) is 5.47. The number of rotatable bonds is 3. The van der Waals surface area contributed by atoms with Crippen molar-refractivity contribution in [2.45, 2.75) is 0 Å². The van der Waals surface area contributed by atoms with Gasteiger partial charge in [-0.1, -0.05) is 12.7 Å². The van der Waals surface area contributed by atoms with Crippen LogP contribution in [0, 0.1) is 0 Å². The molecule has 0 unspecified atom stereocenters. The summed E-state index contributed by atoms with van der Waals surface area (Å²) < 4.78 is 16.1. The molecule has 1 aromatic carbocycles. The lowest BCUT2D eigenvalue weighted by Gasteiger charge is -2.07. The molecule has 0 aliphatic rings. The van der Waals surface area contributed by atoms with Crippen molar-refractivity contribution in [3.63, 3.8) is 0 Å². The van der Waals surface area contributed by atoms with Gasteiger partial charge in [0, 0.05) is 12.1 Å². The largest absolute Gasteiger partial charge is 0.488 e. The van der Waals surface area contributed by atoms with Gasteiger partial charge >= 0.3 is 5.63 Å². The van der Waals surface area contributed by atoms with Gasteiger partial charge in [-0.2, -0.15) is 0 Å². The van der Waals surface area contributed by atoms with Crippen LogP contribution >= 0.6 is 0 Å². The number of fused-ring (bicyclic) bond motifs is 2. The number of benzene rings is 1. The topological polar surface area (TPSA) is 52.6 Å². The van der Waals surface area contributed by atoms with Crippen LogP contribution in [0.15, 0.2) is 56.8 Å². The molecule has 3 rings (SSSR count). The molecule has 18 heavy (non-hydrogen) atoms. The van der Waals surface area contributed by atoms with E-state index in [9.17, 15) is 4.79 Å². The van der Waals surface area contributed by atoms with Crippen molar-refractivity contribution in [2.75, 3.05) is 6.61 Å². The Morgan fingerprint density at radius 2 is 2.06 bits per heavy atom. The standard InChI is InChI=1S/C14H10O4/c1-2-6-17-14-9-3-4-13(15)18-12(9)8-11-10(14)5-7-16-11/h2-5,7-8H,1,6H2. The van der Waals surface area contributed by atoms with Gasteiger partial charge in [0.05, 0.1) is 17.0 Å². The Morgan fingerprint density at radius 1 is 1.22 bits per heavy atom. The van der Waals surface area contributed by atoms with Gasteiger partial charge in [-0.05, 0) is 12.1 Å². The third-order valence-corrected chi connectivity index (χ3v) is 2.65. The predicted octanol–water partition coefficient (Wildman–Crippen LogP) is 3.10. The lowest BCUT2D eigenvalue weighted by atomic mass is 10.1. The Bertz CT molecular complexity index is 779. The van der Waals surface area contributed by atoms with Crippen molar-refractivity contribution in [3.8, 4) is 5.75 Å². The molecule has 0 radical (unpaired) electrons. The van der Waals surface area contributed by atoms with E-state index >= 15 is 0 Å². The fourth-order valence-electron chi connectivity index (χ4n) is 1.91. The second-order valence-electron chi connectivity index (χ2n) is 3.80. The maximum absolute atomic E-state index is 11.2. The zero-order chi connectivity index (χ0) is 12.5. The molecule has 0 aliphatic carbocycles. The van der Waals surface area contributed by atoms with Crippen molar-refractivity contribution < 1.29 is 13.6 Å². The van der Waals surface area contributed by atoms with Crippen molar-refractivity contribution in [3.05, 3.63) is 53.6 Å². The summed E-state index contributed by atoms with van der Waals surface area (Å²) in [6.07, 6.45) is 3.23. The average molecular weight is 242 g/mol. The Hall–Kier alpha value is -2.49. The summed E-state index contributed by atoms with van der Waals surface area (Å²) in [5.41, 5.74) is 0.669. The van der Waals surface area contributed by atoms with Crippen molar-refractivity contribution in [2.24, 2.45) is 0 Å². The fraction of sp³-hybridized carbons (Fsp3) is 0.0714. The van der Waals surface area contributed by atoms with Crippen LogP contribution in [0.2, 0.25) is 0 Å². The van der Waals surface area contributed by atoms with Crippen LogP contribution < -0.4 is 10.4 Å². The summed E-state index contributed by atoms with van der Waals surface area (Å²) in [6, 6.07) is 6.56. The monoisotopic (exact) mass is 242 g/mol. The maximum atomic E-state index is 11.2. The smallest absolute Gasteiger partial charge is 0.336 e. The van der Waals surface area contributed by atoms with Gasteiger partial charge in [0.15, 0.2) is 0 Å². The minimum absolute atomic E-state index is 0.374. The van der Waals surface area contributed by atoms with E-state index in [2.05, 4.69) is 6.58 Å². The van der Waals surface area contributed by atoms with E-state index in [0.717, 1.165) is 10.8 Å². The third kappa shape index (κ3) is 1.59. The molecule has 0 N–H and O–H groups in total. The zero-order valence-corrected chi connectivity index (χ0v) is 9.51. The minimum atomic E-state index is -0.400. The van der Waals surface area contributed by atoms with E-state index < -0.39 is 5.63 Å². The average Bonchev–Trinajstić information content (AvgIpc) is 2.82. The number of hydrogen-bond acceptors (Lipinski definition) is 4. The molecule has 2 aromatic heterocycles. The van der Waals surface area contributed by atoms with E-state index in [-0.39, 0.29) is 0 Å². The molecule has 0 atom stereocenters. The molecule has 0 saturated heterocycles. The summed E-state index contributed by atoms with van der Waals surface area (Å²) in [5, 5.41) is 1.59. The zero-order valence-electron chi connectivity index (χ0n) is 9.51. The molecular formula is C14H10O4. The highest BCUT2D eigenvalue weighted by Crippen LogP contribution is 2.34. The van der Waals surface area contributed by atoms with E-state index in [1.54, 1.807) is 24.5 Å². The van der Waals surface area contributed by atoms with Gasteiger partial charge in [0.2, 0.25) is 0 Å². The fourth-order valence-corrected chi connectivity index (χ4v) is 1.91. The van der Waals surface area contributed by atoms with Gasteiger partial charge in [-0.15, -0.1) is 0 Å². The Kier molecular flexibility index (Phi) is 2.41. The van der Waals surface area contributed by atoms with Gasteiger partial charge in [0.25, 0.3) is 0 Å². The molecule has 0 fully saturated rings. The highest BCUT2D eigenvalue weighted by molar-refractivity contribution is 6.01. The Morgan fingerprint density at radius 3 is 2.89 bits per heavy atom. The van der Waals surface area contributed by atoms with Crippen LogP contribution in [0.1, 0.15) is 0 Å². The first-order valence-electron chi connectivity index (χ1n) is 5.47. The number of furan rings is 1. The molecule has 0 aliphatic heterocycles. The van der Waals surface area contributed by atoms with E-state index in [0.29, 0.717) is 23.5 Å². The first kappa shape index (κ1) is 10.7. The second kappa shape index (κ2) is 4.07. The van der Waals surface area contributed by atoms with E-state index in [4.69, 9.17) is 13.6 Å². The van der Waals surface area contributed by atoms with Gasteiger partial charge in [-0.3, -0.25) is 0 Å². The van der Waals surface area contributed by atoms with Gasteiger partial charge in [-0.25, -0.2) is 4.79 Å². The van der Waals surface area contributed by atoms with Crippen LogP contribution in [0.4, 0.5) is 0 Å². The molecule has 2 heterocycles. The van der Waals surface area contributed by atoms with Gasteiger partial charge < -0.3 is 13.6 Å². The molecule has 0 bridgehead atoms. The predicted molar refractivity (Wildman–Crippen MR) is 67.9 cm³/mol. The molecule has 0 spiro atoms. The lowest BCUT2D eigenvalue weighted by molar-refractivity contribution is 0.371. The number of ether oxygens (including phenoxy) is 1. The second-order valence-corrected chi connectivity index (χ2v) is 3.80. The quantitative estimate of drug-likeness (QED) is 0.523. The van der Waals surface area contributed by atoms with Crippen LogP contribution in [0.5, 0.6) is 5.75 Å². The van der Waals surface area contributed by atoms with Crippen molar-refractivity contribution in [1.82, 2.24) is 0 Å². The minimum Gasteiger partial charge on any atom is -0.488 e. The summed E-state index contributed by atoms with van der Waals surface area (Å²) in [7, 11) is 0. The highest BCUT2D eigenvalue weighted by atomic mass is 16.5. The lowest BCUT2D eigenvalue weighted by Crippen LogP contribution is -1.98. The summed E-state index contributed by atoms with van der Waals surface area (Å²) in [4.78, 5) is 11.2. The van der Waals surface area contributed by atoms with Gasteiger partial charge in [0.1, 0.15) is 23.5 Å².